The van der Waals surface area contributed by atoms with Crippen molar-refractivity contribution in [1.29, 1.82) is 0 Å². The average Bonchev–Trinajstić information content (AvgIpc) is 2.92. The molecule has 0 bridgehead atoms. The number of nitrogens with zero attached hydrogens (tertiary/aromatic N) is 1. The Morgan fingerprint density at radius 1 is 1.37 bits per heavy atom. The fraction of sp³-hybridized carbons (Fsp3) is 0.231. The Kier molecular flexibility index (Phi) is 4.46. The lowest BCUT2D eigenvalue weighted by molar-refractivity contribution is -0.115. The number of carbonyl (C=O) groups excluding carboxylic acids is 1. The smallest absolute Gasteiger partial charge is 0.238 e. The van der Waals surface area contributed by atoms with Crippen molar-refractivity contribution in [2.24, 2.45) is 0 Å². The van der Waals surface area contributed by atoms with Crippen LogP contribution in [0.1, 0.15) is 6.92 Å². The van der Waals surface area contributed by atoms with Crippen LogP contribution in [-0.4, -0.2) is 28.5 Å². The van der Waals surface area contributed by atoms with Gasteiger partial charge in [-0.15, -0.1) is 11.8 Å². The molecule has 0 aliphatic carbocycles. The van der Waals surface area contributed by atoms with Gasteiger partial charge in [-0.1, -0.05) is 0 Å². The van der Waals surface area contributed by atoms with Crippen LogP contribution in [0.15, 0.2) is 41.4 Å². The van der Waals surface area contributed by atoms with Crippen LogP contribution in [0, 0.1) is 0 Å². The summed E-state index contributed by atoms with van der Waals surface area (Å²) in [6.45, 7) is 1.86. The molecule has 6 heteroatoms. The van der Waals surface area contributed by atoms with Gasteiger partial charge >= 0.3 is 0 Å². The molecule has 19 heavy (non-hydrogen) atoms. The lowest BCUT2D eigenvalue weighted by Gasteiger charge is -2.11. The van der Waals surface area contributed by atoms with E-state index in [4.69, 9.17) is 4.74 Å². The third kappa shape index (κ3) is 3.75. The first-order valence-corrected chi connectivity index (χ1v) is 6.68. The Morgan fingerprint density at radius 3 is 2.68 bits per heavy atom. The third-order valence-electron chi connectivity index (χ3n) is 2.50. The highest BCUT2D eigenvalue weighted by Crippen LogP contribution is 2.25. The highest BCUT2D eigenvalue weighted by molar-refractivity contribution is 8.00. The number of carbonyl (C=O) groups is 1. The van der Waals surface area contributed by atoms with E-state index >= 15 is 0 Å². The zero-order valence-electron chi connectivity index (χ0n) is 10.7. The van der Waals surface area contributed by atoms with Crippen molar-refractivity contribution < 1.29 is 9.53 Å². The standard InChI is InChI=1S/C13H15N3O2S/c1-9(13(17)15-12-7-8-14-16-12)19-11-5-3-10(18-2)4-6-11/h3-9H,1-2H3,(H2,14,15,16,17). The molecule has 0 saturated heterocycles. The van der Waals surface area contributed by atoms with Crippen molar-refractivity contribution in [2.45, 2.75) is 17.1 Å². The third-order valence-corrected chi connectivity index (χ3v) is 3.61. The molecule has 0 radical (unpaired) electrons. The number of ether oxygens (including phenoxy) is 1. The summed E-state index contributed by atoms with van der Waals surface area (Å²) < 4.78 is 5.09. The number of nitrogens with one attached hydrogen (secondary N) is 2. The first-order chi connectivity index (χ1) is 9.19. The molecular weight excluding hydrogens is 262 g/mol. The second kappa shape index (κ2) is 6.29. The number of rotatable bonds is 5. The summed E-state index contributed by atoms with van der Waals surface area (Å²) in [4.78, 5) is 13.0. The van der Waals surface area contributed by atoms with E-state index in [2.05, 4.69) is 15.5 Å². The van der Waals surface area contributed by atoms with Crippen LogP contribution in [0.4, 0.5) is 5.82 Å². The monoisotopic (exact) mass is 277 g/mol. The van der Waals surface area contributed by atoms with Crippen molar-refractivity contribution in [2.75, 3.05) is 12.4 Å². The van der Waals surface area contributed by atoms with Crippen LogP contribution in [-0.2, 0) is 4.79 Å². The number of aromatic amines is 1. The molecule has 1 heterocycles. The summed E-state index contributed by atoms with van der Waals surface area (Å²) in [5.41, 5.74) is 0. The molecule has 2 N–H and O–H groups in total. The van der Waals surface area contributed by atoms with Crippen LogP contribution in [0.25, 0.3) is 0 Å². The van der Waals surface area contributed by atoms with Gasteiger partial charge in [0.15, 0.2) is 0 Å². The molecule has 1 aromatic heterocycles. The molecule has 0 saturated carbocycles. The molecule has 0 spiro atoms. The van der Waals surface area contributed by atoms with E-state index in [1.54, 1.807) is 19.4 Å². The Balaban J connectivity index is 1.92. The van der Waals surface area contributed by atoms with Gasteiger partial charge in [0.2, 0.25) is 5.91 Å². The number of anilines is 1. The number of thioether (sulfide) groups is 1. The average molecular weight is 277 g/mol. The maximum atomic E-state index is 11.9. The van der Waals surface area contributed by atoms with Crippen molar-refractivity contribution >= 4 is 23.5 Å². The van der Waals surface area contributed by atoms with Gasteiger partial charge in [-0.3, -0.25) is 9.89 Å². The van der Waals surface area contributed by atoms with E-state index < -0.39 is 0 Å². The van der Waals surface area contributed by atoms with Gasteiger partial charge in [0, 0.05) is 11.0 Å². The first kappa shape index (κ1) is 13.5. The van der Waals surface area contributed by atoms with Crippen molar-refractivity contribution in [3.63, 3.8) is 0 Å². The normalized spacial score (nSPS) is 11.9. The predicted octanol–water partition coefficient (Wildman–Crippen LogP) is 2.54. The quantitative estimate of drug-likeness (QED) is 0.824. The van der Waals surface area contributed by atoms with Gasteiger partial charge in [-0.05, 0) is 31.2 Å². The second-order valence-corrected chi connectivity index (χ2v) is 5.31. The molecule has 100 valence electrons. The van der Waals surface area contributed by atoms with Gasteiger partial charge in [-0.2, -0.15) is 5.10 Å². The molecule has 1 amide bonds. The molecule has 0 fully saturated rings. The number of benzene rings is 1. The first-order valence-electron chi connectivity index (χ1n) is 5.80. The summed E-state index contributed by atoms with van der Waals surface area (Å²) in [5.74, 6) is 1.34. The zero-order chi connectivity index (χ0) is 13.7. The molecular formula is C13H15N3O2S. The zero-order valence-corrected chi connectivity index (χ0v) is 11.5. The number of methoxy groups -OCH3 is 1. The topological polar surface area (TPSA) is 67.0 Å². The van der Waals surface area contributed by atoms with Crippen LogP contribution in [0.5, 0.6) is 5.75 Å². The van der Waals surface area contributed by atoms with Crippen LogP contribution in [0.2, 0.25) is 0 Å². The Labute approximate surface area is 115 Å². The van der Waals surface area contributed by atoms with Gasteiger partial charge < -0.3 is 10.1 Å². The summed E-state index contributed by atoms with van der Waals surface area (Å²) in [5, 5.41) is 9.04. The highest BCUT2D eigenvalue weighted by atomic mass is 32.2. The summed E-state index contributed by atoms with van der Waals surface area (Å²) in [6.07, 6.45) is 1.59. The summed E-state index contributed by atoms with van der Waals surface area (Å²) in [7, 11) is 1.63. The van der Waals surface area contributed by atoms with E-state index in [1.807, 2.05) is 31.2 Å². The Hall–Kier alpha value is -1.95. The fourth-order valence-electron chi connectivity index (χ4n) is 1.47. The maximum absolute atomic E-state index is 11.9. The molecule has 5 nitrogen and oxygen atoms in total. The number of hydrogen-bond acceptors (Lipinski definition) is 4. The highest BCUT2D eigenvalue weighted by Gasteiger charge is 2.14. The molecule has 1 atom stereocenters. The maximum Gasteiger partial charge on any atom is 0.238 e. The van der Waals surface area contributed by atoms with E-state index in [0.717, 1.165) is 10.6 Å². The Bertz CT molecular complexity index is 525. The van der Waals surface area contributed by atoms with E-state index in [1.165, 1.54) is 11.8 Å². The molecule has 1 aromatic carbocycles. The SMILES string of the molecule is COc1ccc(SC(C)C(=O)Nc2ccn[nH]2)cc1. The van der Waals surface area contributed by atoms with Gasteiger partial charge in [0.25, 0.3) is 0 Å². The van der Waals surface area contributed by atoms with Crippen molar-refractivity contribution in [1.82, 2.24) is 10.2 Å². The van der Waals surface area contributed by atoms with Gasteiger partial charge in [0.05, 0.1) is 18.6 Å². The number of aromatic nitrogens is 2. The molecule has 0 aliphatic rings. The van der Waals surface area contributed by atoms with E-state index in [-0.39, 0.29) is 11.2 Å². The van der Waals surface area contributed by atoms with E-state index in [9.17, 15) is 4.79 Å². The molecule has 2 rings (SSSR count). The van der Waals surface area contributed by atoms with Crippen molar-refractivity contribution in [3.05, 3.63) is 36.5 Å². The Morgan fingerprint density at radius 2 is 2.11 bits per heavy atom. The largest absolute Gasteiger partial charge is 0.497 e. The van der Waals surface area contributed by atoms with Crippen LogP contribution >= 0.6 is 11.8 Å². The predicted molar refractivity (Wildman–Crippen MR) is 75.5 cm³/mol. The second-order valence-electron chi connectivity index (χ2n) is 3.90. The van der Waals surface area contributed by atoms with E-state index in [0.29, 0.717) is 5.82 Å². The van der Waals surface area contributed by atoms with Crippen molar-refractivity contribution in [3.8, 4) is 5.75 Å². The summed E-state index contributed by atoms with van der Waals surface area (Å²) >= 11 is 1.49. The van der Waals surface area contributed by atoms with Crippen LogP contribution < -0.4 is 10.1 Å². The minimum absolute atomic E-state index is 0.0648. The van der Waals surface area contributed by atoms with Gasteiger partial charge in [0.1, 0.15) is 11.6 Å². The minimum Gasteiger partial charge on any atom is -0.497 e. The summed E-state index contributed by atoms with van der Waals surface area (Å²) in [6, 6.07) is 9.33. The number of H-pyrrole nitrogens is 1. The lowest BCUT2D eigenvalue weighted by Crippen LogP contribution is -2.22. The minimum atomic E-state index is -0.198. The molecule has 2 aromatic rings. The van der Waals surface area contributed by atoms with Crippen LogP contribution in [0.3, 0.4) is 0 Å². The molecule has 0 aliphatic heterocycles. The lowest BCUT2D eigenvalue weighted by atomic mass is 10.3. The number of hydrogen-bond donors (Lipinski definition) is 2. The number of amides is 1. The fourth-order valence-corrected chi connectivity index (χ4v) is 2.34. The molecule has 1 unspecified atom stereocenters. The van der Waals surface area contributed by atoms with Gasteiger partial charge in [-0.25, -0.2) is 0 Å².